The molecule has 0 aromatic carbocycles. The molecular formula is C11H12F3NO. The van der Waals surface area contributed by atoms with Gasteiger partial charge in [0.2, 0.25) is 0 Å². The molecule has 1 unspecified atom stereocenters. The first-order valence-electron chi connectivity index (χ1n) is 5.19. The number of aromatic nitrogens is 1. The van der Waals surface area contributed by atoms with E-state index < -0.39 is 17.8 Å². The minimum absolute atomic E-state index is 0.0506. The minimum atomic E-state index is -4.43. The van der Waals surface area contributed by atoms with Crippen molar-refractivity contribution in [1.82, 2.24) is 4.98 Å². The van der Waals surface area contributed by atoms with Gasteiger partial charge in [0, 0.05) is 18.0 Å². The Morgan fingerprint density at radius 2 is 2.06 bits per heavy atom. The number of halogens is 3. The molecule has 0 spiro atoms. The Hall–Kier alpha value is -1.10. The largest absolute Gasteiger partial charge is 0.416 e. The van der Waals surface area contributed by atoms with E-state index in [4.69, 9.17) is 0 Å². The number of rotatable bonds is 2. The van der Waals surface area contributed by atoms with E-state index in [0.29, 0.717) is 0 Å². The van der Waals surface area contributed by atoms with E-state index in [9.17, 15) is 18.3 Å². The Labute approximate surface area is 91.1 Å². The highest BCUT2D eigenvalue weighted by atomic mass is 19.4. The van der Waals surface area contributed by atoms with Gasteiger partial charge in [-0.1, -0.05) is 6.42 Å². The quantitative estimate of drug-likeness (QED) is 0.848. The molecule has 1 saturated carbocycles. The summed E-state index contributed by atoms with van der Waals surface area (Å²) in [7, 11) is 0. The first kappa shape index (κ1) is 11.4. The smallest absolute Gasteiger partial charge is 0.388 e. The SMILES string of the molecule is OC(c1cnccc1C(F)(F)F)C1CCC1. The Morgan fingerprint density at radius 1 is 1.38 bits per heavy atom. The fourth-order valence-corrected chi connectivity index (χ4v) is 1.91. The van der Waals surface area contributed by atoms with E-state index in [2.05, 4.69) is 4.98 Å². The molecule has 16 heavy (non-hydrogen) atoms. The number of aliphatic hydroxyl groups is 1. The van der Waals surface area contributed by atoms with Gasteiger partial charge in [0.05, 0.1) is 11.7 Å². The van der Waals surface area contributed by atoms with E-state index in [0.717, 1.165) is 37.7 Å². The topological polar surface area (TPSA) is 33.1 Å². The third-order valence-electron chi connectivity index (χ3n) is 3.07. The minimum Gasteiger partial charge on any atom is -0.388 e. The fraction of sp³-hybridized carbons (Fsp3) is 0.545. The summed E-state index contributed by atoms with van der Waals surface area (Å²) >= 11 is 0. The molecule has 0 aliphatic heterocycles. The molecule has 1 fully saturated rings. The summed E-state index contributed by atoms with van der Waals surface area (Å²) in [4.78, 5) is 3.66. The first-order valence-corrected chi connectivity index (χ1v) is 5.19. The second kappa shape index (κ2) is 4.05. The standard InChI is InChI=1S/C11H12F3NO/c12-11(13,14)9-4-5-15-6-8(9)10(16)7-2-1-3-7/h4-7,10,16H,1-3H2. The summed E-state index contributed by atoms with van der Waals surface area (Å²) in [6, 6.07) is 0.914. The molecule has 2 rings (SSSR count). The molecule has 1 aromatic rings. The normalized spacial score (nSPS) is 19.2. The van der Waals surface area contributed by atoms with E-state index in [-0.39, 0.29) is 11.5 Å². The monoisotopic (exact) mass is 231 g/mol. The summed E-state index contributed by atoms with van der Waals surface area (Å²) in [5.41, 5.74) is -0.874. The third kappa shape index (κ3) is 2.04. The maximum absolute atomic E-state index is 12.7. The van der Waals surface area contributed by atoms with Crippen LogP contribution in [0.4, 0.5) is 13.2 Å². The van der Waals surface area contributed by atoms with Crippen LogP contribution in [0.25, 0.3) is 0 Å². The molecule has 0 bridgehead atoms. The van der Waals surface area contributed by atoms with Gasteiger partial charge in [-0.2, -0.15) is 13.2 Å². The van der Waals surface area contributed by atoms with E-state index in [1.54, 1.807) is 0 Å². The maximum atomic E-state index is 12.7. The molecule has 1 aliphatic rings. The second-order valence-corrected chi connectivity index (χ2v) is 4.10. The zero-order chi connectivity index (χ0) is 11.8. The number of hydrogen-bond donors (Lipinski definition) is 1. The fourth-order valence-electron chi connectivity index (χ4n) is 1.91. The van der Waals surface area contributed by atoms with Crippen molar-refractivity contribution < 1.29 is 18.3 Å². The van der Waals surface area contributed by atoms with Crippen molar-refractivity contribution in [3.63, 3.8) is 0 Å². The Bertz CT molecular complexity index is 374. The molecule has 0 amide bonds. The lowest BCUT2D eigenvalue weighted by atomic mass is 9.78. The van der Waals surface area contributed by atoms with Crippen molar-refractivity contribution in [1.29, 1.82) is 0 Å². The maximum Gasteiger partial charge on any atom is 0.416 e. The van der Waals surface area contributed by atoms with Crippen LogP contribution in [0, 0.1) is 5.92 Å². The lowest BCUT2D eigenvalue weighted by Crippen LogP contribution is -2.23. The van der Waals surface area contributed by atoms with Crippen LogP contribution in [0.2, 0.25) is 0 Å². The number of aliphatic hydroxyl groups excluding tert-OH is 1. The van der Waals surface area contributed by atoms with Crippen molar-refractivity contribution in [3.05, 3.63) is 29.6 Å². The summed E-state index contributed by atoms with van der Waals surface area (Å²) in [5, 5.41) is 9.84. The Kier molecular flexibility index (Phi) is 2.88. The van der Waals surface area contributed by atoms with Crippen molar-refractivity contribution in [2.45, 2.75) is 31.5 Å². The molecule has 2 nitrogen and oxygen atoms in total. The van der Waals surface area contributed by atoms with Gasteiger partial charge in [-0.3, -0.25) is 4.98 Å². The molecule has 0 saturated heterocycles. The zero-order valence-corrected chi connectivity index (χ0v) is 8.54. The number of alkyl halides is 3. The average Bonchev–Trinajstić information content (AvgIpc) is 2.13. The van der Waals surface area contributed by atoms with Crippen molar-refractivity contribution in [2.24, 2.45) is 5.92 Å². The number of hydrogen-bond acceptors (Lipinski definition) is 2. The molecule has 1 aliphatic carbocycles. The zero-order valence-electron chi connectivity index (χ0n) is 8.54. The summed E-state index contributed by atoms with van der Waals surface area (Å²) in [6.07, 6.45) is -0.710. The average molecular weight is 231 g/mol. The van der Waals surface area contributed by atoms with Crippen LogP contribution in [0.5, 0.6) is 0 Å². The molecule has 1 aromatic heterocycles. The Morgan fingerprint density at radius 3 is 2.56 bits per heavy atom. The Balaban J connectivity index is 2.32. The van der Waals surface area contributed by atoms with E-state index in [1.165, 1.54) is 0 Å². The first-order chi connectivity index (χ1) is 7.50. The van der Waals surface area contributed by atoms with Crippen LogP contribution in [-0.4, -0.2) is 10.1 Å². The van der Waals surface area contributed by atoms with Gasteiger partial charge in [-0.05, 0) is 24.8 Å². The lowest BCUT2D eigenvalue weighted by molar-refractivity contribution is -0.139. The third-order valence-corrected chi connectivity index (χ3v) is 3.07. The highest BCUT2D eigenvalue weighted by Gasteiger charge is 2.37. The van der Waals surface area contributed by atoms with E-state index >= 15 is 0 Å². The van der Waals surface area contributed by atoms with E-state index in [1.807, 2.05) is 0 Å². The van der Waals surface area contributed by atoms with Gasteiger partial charge in [0.25, 0.3) is 0 Å². The highest BCUT2D eigenvalue weighted by molar-refractivity contribution is 5.29. The predicted octanol–water partition coefficient (Wildman–Crippen LogP) is 2.93. The van der Waals surface area contributed by atoms with Crippen LogP contribution in [0.15, 0.2) is 18.5 Å². The molecule has 88 valence electrons. The predicted molar refractivity (Wildman–Crippen MR) is 51.5 cm³/mol. The molecule has 0 radical (unpaired) electrons. The van der Waals surface area contributed by atoms with Crippen LogP contribution < -0.4 is 0 Å². The summed E-state index contributed by atoms with van der Waals surface area (Å²) in [6.45, 7) is 0. The number of nitrogens with zero attached hydrogens (tertiary/aromatic N) is 1. The van der Waals surface area contributed by atoms with Gasteiger partial charge in [-0.25, -0.2) is 0 Å². The number of pyridine rings is 1. The molecule has 1 N–H and O–H groups in total. The molecular weight excluding hydrogens is 219 g/mol. The van der Waals surface area contributed by atoms with Crippen LogP contribution in [-0.2, 0) is 6.18 Å². The lowest BCUT2D eigenvalue weighted by Gasteiger charge is -2.31. The van der Waals surface area contributed by atoms with Crippen molar-refractivity contribution >= 4 is 0 Å². The summed E-state index contributed by atoms with van der Waals surface area (Å²) in [5.74, 6) is -0.0506. The van der Waals surface area contributed by atoms with Gasteiger partial charge < -0.3 is 5.11 Å². The highest BCUT2D eigenvalue weighted by Crippen LogP contribution is 2.41. The van der Waals surface area contributed by atoms with Crippen LogP contribution in [0.3, 0.4) is 0 Å². The molecule has 5 heteroatoms. The van der Waals surface area contributed by atoms with Gasteiger partial charge >= 0.3 is 6.18 Å². The van der Waals surface area contributed by atoms with Crippen molar-refractivity contribution in [2.75, 3.05) is 0 Å². The van der Waals surface area contributed by atoms with Gasteiger partial charge in [0.15, 0.2) is 0 Å². The van der Waals surface area contributed by atoms with Crippen LogP contribution >= 0.6 is 0 Å². The van der Waals surface area contributed by atoms with Gasteiger partial charge in [-0.15, -0.1) is 0 Å². The second-order valence-electron chi connectivity index (χ2n) is 4.10. The van der Waals surface area contributed by atoms with Crippen molar-refractivity contribution in [3.8, 4) is 0 Å². The molecule has 1 heterocycles. The van der Waals surface area contributed by atoms with Crippen LogP contribution in [0.1, 0.15) is 36.5 Å². The molecule has 1 atom stereocenters. The van der Waals surface area contributed by atoms with Gasteiger partial charge in [0.1, 0.15) is 0 Å². The summed E-state index contributed by atoms with van der Waals surface area (Å²) < 4.78 is 38.0.